The Morgan fingerprint density at radius 2 is 1.82 bits per heavy atom. The van der Waals surface area contributed by atoms with Crippen LogP contribution in [-0.2, 0) is 5.41 Å². The largest absolute Gasteiger partial charge is 0.391 e. The minimum atomic E-state index is 0. The second-order valence-electron chi connectivity index (χ2n) is 3.45. The van der Waals surface area contributed by atoms with Crippen LogP contribution < -0.4 is 5.73 Å². The summed E-state index contributed by atoms with van der Waals surface area (Å²) in [4.78, 5) is 1.35. The van der Waals surface area contributed by atoms with Gasteiger partial charge in [0.15, 0.2) is 0 Å². The highest BCUT2D eigenvalue weighted by Gasteiger charge is 2.14. The van der Waals surface area contributed by atoms with Crippen LogP contribution in [0.15, 0.2) is 12.1 Å². The predicted octanol–water partition coefficient (Wildman–Crippen LogP) is 3.05. The smallest absolute Gasteiger partial charge is 0.0859 e. The molecule has 1 heterocycles. The van der Waals surface area contributed by atoms with Gasteiger partial charge in [-0.2, -0.15) is 0 Å². The molecule has 1 nitrogen and oxygen atoms in total. The molecule has 3 heteroatoms. The van der Waals surface area contributed by atoms with E-state index in [9.17, 15) is 0 Å². The van der Waals surface area contributed by atoms with E-state index in [-0.39, 0.29) is 17.8 Å². The van der Waals surface area contributed by atoms with E-state index >= 15 is 0 Å². The van der Waals surface area contributed by atoms with Gasteiger partial charge in [-0.1, -0.05) is 20.8 Å². The van der Waals surface area contributed by atoms with E-state index in [2.05, 4.69) is 26.8 Å². The molecule has 0 saturated carbocycles. The predicted molar refractivity (Wildman–Crippen MR) is 54.7 cm³/mol. The van der Waals surface area contributed by atoms with Crippen molar-refractivity contribution in [3.8, 4) is 0 Å². The minimum absolute atomic E-state index is 0. The van der Waals surface area contributed by atoms with E-state index in [1.807, 2.05) is 6.07 Å². The molecule has 0 atom stereocenters. The molecule has 0 radical (unpaired) electrons. The lowest BCUT2D eigenvalue weighted by Gasteiger charge is -2.14. The first kappa shape index (κ1) is 10.8. The molecule has 0 unspecified atom stereocenters. The van der Waals surface area contributed by atoms with Crippen molar-refractivity contribution in [2.45, 2.75) is 26.2 Å². The van der Waals surface area contributed by atoms with E-state index in [1.165, 1.54) is 4.88 Å². The monoisotopic (exact) mass is 191 g/mol. The number of thiophene rings is 1. The van der Waals surface area contributed by atoms with Crippen molar-refractivity contribution >= 4 is 28.7 Å². The molecule has 0 fully saturated rings. The highest BCUT2D eigenvalue weighted by Crippen LogP contribution is 2.30. The molecule has 64 valence electrons. The maximum Gasteiger partial charge on any atom is 0.0859 e. The van der Waals surface area contributed by atoms with E-state index in [0.29, 0.717) is 0 Å². The van der Waals surface area contributed by atoms with Crippen molar-refractivity contribution < 1.29 is 0 Å². The van der Waals surface area contributed by atoms with E-state index in [4.69, 9.17) is 5.73 Å². The summed E-state index contributed by atoms with van der Waals surface area (Å²) in [5.74, 6) is 0. The van der Waals surface area contributed by atoms with Crippen molar-refractivity contribution in [1.29, 1.82) is 0 Å². The lowest BCUT2D eigenvalue weighted by Crippen LogP contribution is -2.07. The molecule has 0 saturated heterocycles. The van der Waals surface area contributed by atoms with Gasteiger partial charge in [0.05, 0.1) is 5.00 Å². The Labute approximate surface area is 78.0 Å². The molecule has 0 aromatic carbocycles. The molecular formula is C8H14ClNS. The Kier molecular flexibility index (Phi) is 3.39. The number of halogens is 1. The lowest BCUT2D eigenvalue weighted by molar-refractivity contribution is 0.604. The van der Waals surface area contributed by atoms with Gasteiger partial charge in [-0.3, -0.25) is 0 Å². The first-order valence-electron chi connectivity index (χ1n) is 3.36. The number of nitrogens with two attached hydrogens (primary N) is 1. The van der Waals surface area contributed by atoms with Gasteiger partial charge in [0.2, 0.25) is 0 Å². The standard InChI is InChI=1S/C8H13NS.ClH/c1-8(2,3)6-4-5-7(9)10-6;/h4-5H,9H2,1-3H3;1H. The van der Waals surface area contributed by atoms with Crippen LogP contribution in [0.1, 0.15) is 25.6 Å². The SMILES string of the molecule is CC(C)(C)c1ccc(N)s1.Cl. The van der Waals surface area contributed by atoms with Crippen LogP contribution in [0.2, 0.25) is 0 Å². The van der Waals surface area contributed by atoms with Gasteiger partial charge in [-0.15, -0.1) is 23.7 Å². The summed E-state index contributed by atoms with van der Waals surface area (Å²) in [5.41, 5.74) is 5.85. The Balaban J connectivity index is 0.000001000. The van der Waals surface area contributed by atoms with Crippen LogP contribution in [0.25, 0.3) is 0 Å². The number of rotatable bonds is 0. The third kappa shape index (κ3) is 2.72. The van der Waals surface area contributed by atoms with Gasteiger partial charge in [-0.05, 0) is 17.5 Å². The van der Waals surface area contributed by atoms with Crippen molar-refractivity contribution in [1.82, 2.24) is 0 Å². The van der Waals surface area contributed by atoms with Crippen LogP contribution in [-0.4, -0.2) is 0 Å². The molecule has 11 heavy (non-hydrogen) atoms. The third-order valence-corrected chi connectivity index (χ3v) is 2.71. The van der Waals surface area contributed by atoms with E-state index in [0.717, 1.165) is 5.00 Å². The van der Waals surface area contributed by atoms with Gasteiger partial charge >= 0.3 is 0 Å². The summed E-state index contributed by atoms with van der Waals surface area (Å²) in [6.45, 7) is 6.58. The van der Waals surface area contributed by atoms with E-state index < -0.39 is 0 Å². The van der Waals surface area contributed by atoms with Crippen molar-refractivity contribution in [2.75, 3.05) is 5.73 Å². The number of hydrogen-bond donors (Lipinski definition) is 1. The number of hydrogen-bond acceptors (Lipinski definition) is 2. The zero-order chi connectivity index (χ0) is 7.78. The average Bonchev–Trinajstić information content (AvgIpc) is 2.11. The van der Waals surface area contributed by atoms with Crippen molar-refractivity contribution in [3.05, 3.63) is 17.0 Å². The highest BCUT2D eigenvalue weighted by molar-refractivity contribution is 7.16. The molecule has 0 spiro atoms. The summed E-state index contributed by atoms with van der Waals surface area (Å²) < 4.78 is 0. The lowest BCUT2D eigenvalue weighted by atomic mass is 9.95. The normalized spacial score (nSPS) is 10.8. The zero-order valence-electron chi connectivity index (χ0n) is 7.05. The molecule has 2 N–H and O–H groups in total. The first-order valence-corrected chi connectivity index (χ1v) is 4.17. The maximum atomic E-state index is 5.59. The second-order valence-corrected chi connectivity index (χ2v) is 4.57. The molecule has 1 aromatic heterocycles. The summed E-state index contributed by atoms with van der Waals surface area (Å²) in [6, 6.07) is 4.06. The van der Waals surface area contributed by atoms with Gasteiger partial charge < -0.3 is 5.73 Å². The fourth-order valence-corrected chi connectivity index (χ4v) is 1.59. The first-order chi connectivity index (χ1) is 4.50. The Morgan fingerprint density at radius 3 is 2.00 bits per heavy atom. The molecule has 0 aliphatic heterocycles. The summed E-state index contributed by atoms with van der Waals surface area (Å²) in [7, 11) is 0. The molecule has 0 amide bonds. The van der Waals surface area contributed by atoms with Crippen LogP contribution in [0, 0.1) is 0 Å². The molecule has 0 bridgehead atoms. The summed E-state index contributed by atoms with van der Waals surface area (Å²) in [6.07, 6.45) is 0. The Morgan fingerprint density at radius 1 is 1.27 bits per heavy atom. The zero-order valence-corrected chi connectivity index (χ0v) is 8.68. The molecule has 0 aliphatic rings. The third-order valence-electron chi connectivity index (χ3n) is 1.37. The maximum absolute atomic E-state index is 5.59. The molecule has 1 rings (SSSR count). The van der Waals surface area contributed by atoms with Crippen LogP contribution in [0.3, 0.4) is 0 Å². The Hall–Kier alpha value is -0.210. The van der Waals surface area contributed by atoms with Gasteiger partial charge in [-0.25, -0.2) is 0 Å². The second kappa shape index (κ2) is 3.46. The topological polar surface area (TPSA) is 26.0 Å². The summed E-state index contributed by atoms with van der Waals surface area (Å²) in [5, 5.41) is 0.907. The molecule has 1 aromatic rings. The number of anilines is 1. The van der Waals surface area contributed by atoms with Crippen LogP contribution >= 0.6 is 23.7 Å². The van der Waals surface area contributed by atoms with E-state index in [1.54, 1.807) is 11.3 Å². The van der Waals surface area contributed by atoms with Crippen LogP contribution in [0.4, 0.5) is 5.00 Å². The van der Waals surface area contributed by atoms with Crippen molar-refractivity contribution in [3.63, 3.8) is 0 Å². The fraction of sp³-hybridized carbons (Fsp3) is 0.500. The highest BCUT2D eigenvalue weighted by atomic mass is 35.5. The van der Waals surface area contributed by atoms with Crippen molar-refractivity contribution in [2.24, 2.45) is 0 Å². The summed E-state index contributed by atoms with van der Waals surface area (Å²) >= 11 is 1.67. The molecule has 0 aliphatic carbocycles. The van der Waals surface area contributed by atoms with Gasteiger partial charge in [0, 0.05) is 4.88 Å². The minimum Gasteiger partial charge on any atom is -0.391 e. The Bertz CT molecular complexity index is 224. The quantitative estimate of drug-likeness (QED) is 0.671. The number of nitrogen functional groups attached to an aromatic ring is 1. The van der Waals surface area contributed by atoms with Gasteiger partial charge in [0.1, 0.15) is 0 Å². The van der Waals surface area contributed by atoms with Crippen LogP contribution in [0.5, 0.6) is 0 Å². The fourth-order valence-electron chi connectivity index (χ4n) is 0.756. The average molecular weight is 192 g/mol. The molecular weight excluding hydrogens is 178 g/mol. The van der Waals surface area contributed by atoms with Gasteiger partial charge in [0.25, 0.3) is 0 Å².